The molecule has 0 amide bonds. The van der Waals surface area contributed by atoms with E-state index in [0.717, 1.165) is 25.1 Å². The molecule has 2 rings (SSSR count). The van der Waals surface area contributed by atoms with Gasteiger partial charge in [-0.05, 0) is 12.0 Å². The third-order valence-corrected chi connectivity index (χ3v) is 1.96. The molecule has 63 valence electrons. The van der Waals surface area contributed by atoms with Gasteiger partial charge in [-0.3, -0.25) is 0 Å². The van der Waals surface area contributed by atoms with E-state index in [0.29, 0.717) is 0 Å². The zero-order chi connectivity index (χ0) is 8.23. The Morgan fingerprint density at radius 2 is 2.08 bits per heavy atom. The van der Waals surface area contributed by atoms with Crippen LogP contribution in [0.15, 0.2) is 30.3 Å². The molecule has 0 aliphatic carbocycles. The minimum atomic E-state index is -0.0139. The van der Waals surface area contributed by atoms with Gasteiger partial charge in [0.15, 0.2) is 0 Å². The van der Waals surface area contributed by atoms with Crippen molar-refractivity contribution in [3.05, 3.63) is 35.9 Å². The molecule has 1 atom stereocenters. The molecule has 0 bridgehead atoms. The van der Waals surface area contributed by atoms with Gasteiger partial charge in [0.25, 0.3) is 0 Å². The lowest BCUT2D eigenvalue weighted by molar-refractivity contribution is -0.00356. The molecular formula is C10H12NO. The highest BCUT2D eigenvalue weighted by atomic mass is 16.5. The van der Waals surface area contributed by atoms with Crippen LogP contribution in [-0.2, 0) is 4.74 Å². The fourth-order valence-corrected chi connectivity index (χ4v) is 1.34. The Bertz CT molecular complexity index is 229. The Morgan fingerprint density at radius 1 is 1.25 bits per heavy atom. The molecule has 0 aromatic heterocycles. The number of nitrogens with zero attached hydrogens (tertiary/aromatic N) is 1. The molecule has 1 radical (unpaired) electrons. The van der Waals surface area contributed by atoms with E-state index in [1.54, 1.807) is 0 Å². The standard InChI is InChI=1S/C10H12NO/c1-2-5-9(6-3-1)10-11-7-4-8-12-10/h1-3,5-6,10H,4,7-8H2. The van der Waals surface area contributed by atoms with Crippen molar-refractivity contribution in [3.8, 4) is 0 Å². The largest absolute Gasteiger partial charge is 0.358 e. The fraction of sp³-hybridized carbons (Fsp3) is 0.400. The van der Waals surface area contributed by atoms with Gasteiger partial charge in [0.1, 0.15) is 6.23 Å². The van der Waals surface area contributed by atoms with Crippen LogP contribution in [0.2, 0.25) is 0 Å². The molecule has 2 heteroatoms. The van der Waals surface area contributed by atoms with Gasteiger partial charge in [0.2, 0.25) is 0 Å². The number of hydrogen-bond acceptors (Lipinski definition) is 1. The highest BCUT2D eigenvalue weighted by Crippen LogP contribution is 2.17. The van der Waals surface area contributed by atoms with Gasteiger partial charge in [-0.15, -0.1) is 0 Å². The van der Waals surface area contributed by atoms with Gasteiger partial charge >= 0.3 is 0 Å². The summed E-state index contributed by atoms with van der Waals surface area (Å²) in [7, 11) is 0. The van der Waals surface area contributed by atoms with Crippen LogP contribution in [-0.4, -0.2) is 13.2 Å². The topological polar surface area (TPSA) is 23.3 Å². The van der Waals surface area contributed by atoms with E-state index < -0.39 is 0 Å². The lowest BCUT2D eigenvalue weighted by Gasteiger charge is -2.22. The van der Waals surface area contributed by atoms with Gasteiger partial charge in [-0.2, -0.15) is 0 Å². The minimum absolute atomic E-state index is 0.0139. The molecule has 12 heavy (non-hydrogen) atoms. The Hall–Kier alpha value is -0.860. The number of hydrogen-bond donors (Lipinski definition) is 0. The maximum absolute atomic E-state index is 5.50. The Morgan fingerprint density at radius 3 is 2.75 bits per heavy atom. The van der Waals surface area contributed by atoms with Crippen LogP contribution >= 0.6 is 0 Å². The van der Waals surface area contributed by atoms with Crippen molar-refractivity contribution >= 4 is 0 Å². The number of ether oxygens (including phenoxy) is 1. The Balaban J connectivity index is 2.08. The average Bonchev–Trinajstić information content (AvgIpc) is 2.21. The molecule has 0 N–H and O–H groups in total. The molecule has 1 aromatic rings. The Kier molecular flexibility index (Phi) is 2.39. The van der Waals surface area contributed by atoms with Crippen LogP contribution in [0.5, 0.6) is 0 Å². The molecule has 0 spiro atoms. The smallest absolute Gasteiger partial charge is 0.149 e. The van der Waals surface area contributed by atoms with Crippen molar-refractivity contribution in [2.24, 2.45) is 0 Å². The van der Waals surface area contributed by atoms with Gasteiger partial charge in [-0.25, -0.2) is 5.32 Å². The molecule has 1 aromatic carbocycles. The molecule has 1 saturated heterocycles. The lowest BCUT2D eigenvalue weighted by atomic mass is 10.2. The lowest BCUT2D eigenvalue weighted by Crippen LogP contribution is -2.25. The second-order valence-electron chi connectivity index (χ2n) is 2.89. The molecule has 1 unspecified atom stereocenters. The van der Waals surface area contributed by atoms with Gasteiger partial charge < -0.3 is 4.74 Å². The van der Waals surface area contributed by atoms with E-state index in [1.807, 2.05) is 18.2 Å². The monoisotopic (exact) mass is 162 g/mol. The first kappa shape index (κ1) is 7.77. The predicted molar refractivity (Wildman–Crippen MR) is 46.8 cm³/mol. The predicted octanol–water partition coefficient (Wildman–Crippen LogP) is 1.71. The van der Waals surface area contributed by atoms with Crippen LogP contribution in [0.1, 0.15) is 18.2 Å². The number of rotatable bonds is 1. The highest BCUT2D eigenvalue weighted by molar-refractivity contribution is 5.17. The third kappa shape index (κ3) is 1.65. The zero-order valence-electron chi connectivity index (χ0n) is 6.94. The summed E-state index contributed by atoms with van der Waals surface area (Å²) in [6.45, 7) is 1.77. The maximum atomic E-state index is 5.50. The van der Waals surface area contributed by atoms with Crippen molar-refractivity contribution in [2.75, 3.05) is 13.2 Å². The normalized spacial score (nSPS) is 23.8. The van der Waals surface area contributed by atoms with Gasteiger partial charge in [0.05, 0.1) is 6.61 Å². The average molecular weight is 162 g/mol. The first-order valence-electron chi connectivity index (χ1n) is 4.30. The molecular weight excluding hydrogens is 150 g/mol. The molecule has 1 fully saturated rings. The molecule has 1 heterocycles. The first-order chi connectivity index (χ1) is 5.97. The van der Waals surface area contributed by atoms with Crippen LogP contribution in [0, 0.1) is 0 Å². The van der Waals surface area contributed by atoms with E-state index in [1.165, 1.54) is 0 Å². The highest BCUT2D eigenvalue weighted by Gasteiger charge is 2.15. The van der Waals surface area contributed by atoms with Crippen LogP contribution in [0.25, 0.3) is 0 Å². The van der Waals surface area contributed by atoms with Gasteiger partial charge in [-0.1, -0.05) is 30.3 Å². The first-order valence-corrected chi connectivity index (χ1v) is 4.30. The summed E-state index contributed by atoms with van der Waals surface area (Å²) in [5.74, 6) is 0. The van der Waals surface area contributed by atoms with Crippen molar-refractivity contribution in [1.29, 1.82) is 0 Å². The molecule has 1 aliphatic rings. The summed E-state index contributed by atoms with van der Waals surface area (Å²) in [6, 6.07) is 10.1. The third-order valence-electron chi connectivity index (χ3n) is 1.96. The van der Waals surface area contributed by atoms with E-state index >= 15 is 0 Å². The van der Waals surface area contributed by atoms with E-state index in [4.69, 9.17) is 4.74 Å². The van der Waals surface area contributed by atoms with Crippen molar-refractivity contribution in [1.82, 2.24) is 5.32 Å². The summed E-state index contributed by atoms with van der Waals surface area (Å²) in [5, 5.41) is 4.38. The fourth-order valence-electron chi connectivity index (χ4n) is 1.34. The summed E-state index contributed by atoms with van der Waals surface area (Å²) < 4.78 is 5.50. The SMILES string of the molecule is c1ccc(C2[N]CCCO2)cc1. The second kappa shape index (κ2) is 3.70. The van der Waals surface area contributed by atoms with E-state index in [9.17, 15) is 0 Å². The Labute approximate surface area is 72.5 Å². The summed E-state index contributed by atoms with van der Waals surface area (Å²) in [6.07, 6.45) is 1.04. The quantitative estimate of drug-likeness (QED) is 0.616. The van der Waals surface area contributed by atoms with Crippen LogP contribution in [0.3, 0.4) is 0 Å². The molecule has 1 aliphatic heterocycles. The number of benzene rings is 1. The minimum Gasteiger partial charge on any atom is -0.358 e. The van der Waals surface area contributed by atoms with Crippen molar-refractivity contribution in [2.45, 2.75) is 12.6 Å². The van der Waals surface area contributed by atoms with Gasteiger partial charge in [0, 0.05) is 6.54 Å². The molecule has 0 saturated carbocycles. The molecule has 2 nitrogen and oxygen atoms in total. The maximum Gasteiger partial charge on any atom is 0.149 e. The summed E-state index contributed by atoms with van der Waals surface area (Å²) in [4.78, 5) is 0. The van der Waals surface area contributed by atoms with Crippen LogP contribution < -0.4 is 5.32 Å². The van der Waals surface area contributed by atoms with E-state index in [-0.39, 0.29) is 6.23 Å². The van der Waals surface area contributed by atoms with Crippen molar-refractivity contribution in [3.63, 3.8) is 0 Å². The zero-order valence-corrected chi connectivity index (χ0v) is 6.94. The summed E-state index contributed by atoms with van der Waals surface area (Å²) in [5.41, 5.74) is 1.16. The van der Waals surface area contributed by atoms with E-state index in [2.05, 4.69) is 17.4 Å². The van der Waals surface area contributed by atoms with Crippen LogP contribution in [0.4, 0.5) is 0 Å². The summed E-state index contributed by atoms with van der Waals surface area (Å²) >= 11 is 0. The second-order valence-corrected chi connectivity index (χ2v) is 2.89. The van der Waals surface area contributed by atoms with Crippen molar-refractivity contribution < 1.29 is 4.74 Å².